The molecule has 0 spiro atoms. The molecule has 150 valence electrons. The minimum atomic E-state index is -4.72. The van der Waals surface area contributed by atoms with Crippen LogP contribution in [0.5, 0.6) is 0 Å². The molecule has 0 saturated carbocycles. The molecule has 0 heterocycles. The Morgan fingerprint density at radius 2 is 1.86 bits per heavy atom. The van der Waals surface area contributed by atoms with Gasteiger partial charge in [0.2, 0.25) is 15.9 Å². The molecule has 0 aliphatic rings. The Bertz CT molecular complexity index is 1020. The standard InChI is InChI=1S/C16H14F3N3O5S/c1-10-5-6-12(8-14(10)22(24)25)21-15(23)9-20-28(26,27)13-4-2-3-11(7-13)16(17,18)19/h2-8,20H,9H2,1H3,(H,21,23). The monoisotopic (exact) mass is 417 g/mol. The number of nitro groups is 1. The molecule has 0 unspecified atom stereocenters. The van der Waals surface area contributed by atoms with E-state index < -0.39 is 44.0 Å². The third-order valence-electron chi connectivity index (χ3n) is 3.58. The first kappa shape index (κ1) is 21.3. The number of rotatable bonds is 6. The minimum Gasteiger partial charge on any atom is -0.325 e. The summed E-state index contributed by atoms with van der Waals surface area (Å²) in [4.78, 5) is 21.5. The highest BCUT2D eigenvalue weighted by molar-refractivity contribution is 7.89. The summed E-state index contributed by atoms with van der Waals surface area (Å²) in [5, 5.41) is 13.2. The Morgan fingerprint density at radius 1 is 1.18 bits per heavy atom. The van der Waals surface area contributed by atoms with Crippen molar-refractivity contribution < 1.29 is 31.3 Å². The molecule has 0 aromatic heterocycles. The van der Waals surface area contributed by atoms with Crippen molar-refractivity contribution in [1.29, 1.82) is 0 Å². The predicted molar refractivity (Wildman–Crippen MR) is 93.1 cm³/mol. The first-order valence-corrected chi connectivity index (χ1v) is 9.10. The van der Waals surface area contributed by atoms with Gasteiger partial charge in [-0.15, -0.1) is 0 Å². The number of carbonyl (C=O) groups is 1. The Balaban J connectivity index is 2.08. The number of benzene rings is 2. The van der Waals surface area contributed by atoms with Gasteiger partial charge in [0.05, 0.1) is 21.9 Å². The Morgan fingerprint density at radius 3 is 2.46 bits per heavy atom. The molecule has 2 aromatic rings. The van der Waals surface area contributed by atoms with Crippen LogP contribution in [0.25, 0.3) is 0 Å². The van der Waals surface area contributed by atoms with Gasteiger partial charge in [0.25, 0.3) is 5.69 Å². The number of nitro benzene ring substituents is 1. The van der Waals surface area contributed by atoms with Crippen molar-refractivity contribution in [2.75, 3.05) is 11.9 Å². The van der Waals surface area contributed by atoms with Gasteiger partial charge in [-0.1, -0.05) is 12.1 Å². The number of hydrogen-bond donors (Lipinski definition) is 2. The fourth-order valence-corrected chi connectivity index (χ4v) is 3.20. The number of aryl methyl sites for hydroxylation is 1. The fourth-order valence-electron chi connectivity index (χ4n) is 2.17. The maximum absolute atomic E-state index is 12.7. The SMILES string of the molecule is Cc1ccc(NC(=O)CNS(=O)(=O)c2cccc(C(F)(F)F)c2)cc1[N+](=O)[O-]. The normalized spacial score (nSPS) is 11.9. The van der Waals surface area contributed by atoms with Crippen molar-refractivity contribution in [3.05, 3.63) is 63.7 Å². The summed E-state index contributed by atoms with van der Waals surface area (Å²) < 4.78 is 64.2. The van der Waals surface area contributed by atoms with Crippen LogP contribution in [0, 0.1) is 17.0 Å². The highest BCUT2D eigenvalue weighted by Crippen LogP contribution is 2.30. The number of nitrogens with zero attached hydrogens (tertiary/aromatic N) is 1. The first-order valence-electron chi connectivity index (χ1n) is 7.62. The van der Waals surface area contributed by atoms with Gasteiger partial charge < -0.3 is 5.32 Å². The van der Waals surface area contributed by atoms with E-state index in [0.717, 1.165) is 24.3 Å². The fraction of sp³-hybridized carbons (Fsp3) is 0.188. The number of sulfonamides is 1. The van der Waals surface area contributed by atoms with E-state index in [9.17, 15) is 36.5 Å². The summed E-state index contributed by atoms with van der Waals surface area (Å²) in [7, 11) is -4.38. The van der Waals surface area contributed by atoms with Gasteiger partial charge in [-0.2, -0.15) is 13.2 Å². The van der Waals surface area contributed by atoms with Crippen LogP contribution in [0.4, 0.5) is 24.5 Å². The molecule has 0 fully saturated rings. The maximum atomic E-state index is 12.7. The summed E-state index contributed by atoms with van der Waals surface area (Å²) in [6.07, 6.45) is -4.72. The second kappa shape index (κ2) is 7.94. The minimum absolute atomic E-state index is 0.0700. The number of carbonyl (C=O) groups excluding carboxylic acids is 1. The summed E-state index contributed by atoms with van der Waals surface area (Å²) in [6.45, 7) is 0.729. The number of amides is 1. The van der Waals surface area contributed by atoms with E-state index in [0.29, 0.717) is 11.6 Å². The van der Waals surface area contributed by atoms with Crippen LogP contribution in [-0.2, 0) is 21.0 Å². The van der Waals surface area contributed by atoms with Crippen LogP contribution in [0.2, 0.25) is 0 Å². The average molecular weight is 417 g/mol. The molecule has 0 aliphatic heterocycles. The third kappa shape index (κ3) is 5.27. The first-order chi connectivity index (χ1) is 12.9. The van der Waals surface area contributed by atoms with Crippen molar-refractivity contribution in [1.82, 2.24) is 4.72 Å². The number of halogens is 3. The van der Waals surface area contributed by atoms with Crippen LogP contribution in [0.15, 0.2) is 47.4 Å². The van der Waals surface area contributed by atoms with E-state index in [2.05, 4.69) is 5.32 Å². The number of alkyl halides is 3. The van der Waals surface area contributed by atoms with Crippen molar-refractivity contribution in [2.45, 2.75) is 18.0 Å². The van der Waals surface area contributed by atoms with E-state index >= 15 is 0 Å². The summed E-state index contributed by atoms with van der Waals surface area (Å²) >= 11 is 0. The Kier molecular flexibility index (Phi) is 6.04. The van der Waals surface area contributed by atoms with Gasteiger partial charge in [-0.05, 0) is 31.2 Å². The van der Waals surface area contributed by atoms with Crippen molar-refractivity contribution in [3.8, 4) is 0 Å². The molecule has 2 aromatic carbocycles. The van der Waals surface area contributed by atoms with Crippen LogP contribution >= 0.6 is 0 Å². The Labute approximate surface area is 157 Å². The number of anilines is 1. The Hall–Kier alpha value is -2.99. The zero-order valence-electron chi connectivity index (χ0n) is 14.3. The van der Waals surface area contributed by atoms with Crippen molar-refractivity contribution >= 4 is 27.3 Å². The van der Waals surface area contributed by atoms with E-state index in [1.165, 1.54) is 19.1 Å². The lowest BCUT2D eigenvalue weighted by Gasteiger charge is -2.11. The van der Waals surface area contributed by atoms with Crippen LogP contribution in [0.1, 0.15) is 11.1 Å². The van der Waals surface area contributed by atoms with Crippen LogP contribution < -0.4 is 10.0 Å². The van der Waals surface area contributed by atoms with Gasteiger partial charge in [-0.3, -0.25) is 14.9 Å². The van der Waals surface area contributed by atoms with Gasteiger partial charge in [0.15, 0.2) is 0 Å². The van der Waals surface area contributed by atoms with Crippen molar-refractivity contribution in [3.63, 3.8) is 0 Å². The molecule has 0 bridgehead atoms. The lowest BCUT2D eigenvalue weighted by atomic mass is 10.2. The number of hydrogen-bond acceptors (Lipinski definition) is 5. The van der Waals surface area contributed by atoms with Gasteiger partial charge >= 0.3 is 6.18 Å². The topological polar surface area (TPSA) is 118 Å². The molecular formula is C16H14F3N3O5S. The predicted octanol–water partition coefficient (Wildman–Crippen LogP) is 2.84. The van der Waals surface area contributed by atoms with Gasteiger partial charge in [0.1, 0.15) is 0 Å². The lowest BCUT2D eigenvalue weighted by molar-refractivity contribution is -0.385. The highest BCUT2D eigenvalue weighted by Gasteiger charge is 2.31. The van der Waals surface area contributed by atoms with E-state index in [4.69, 9.17) is 0 Å². The molecule has 12 heteroatoms. The van der Waals surface area contributed by atoms with Gasteiger partial charge in [0, 0.05) is 17.3 Å². The molecular weight excluding hydrogens is 403 g/mol. The lowest BCUT2D eigenvalue weighted by Crippen LogP contribution is -2.33. The maximum Gasteiger partial charge on any atom is 0.416 e. The molecule has 8 nitrogen and oxygen atoms in total. The van der Waals surface area contributed by atoms with Crippen LogP contribution in [0.3, 0.4) is 0 Å². The van der Waals surface area contributed by atoms with E-state index in [-0.39, 0.29) is 11.4 Å². The van der Waals surface area contributed by atoms with E-state index in [1.807, 2.05) is 4.72 Å². The second-order valence-corrected chi connectivity index (χ2v) is 7.42. The molecule has 0 atom stereocenters. The molecule has 0 radical (unpaired) electrons. The number of nitrogens with one attached hydrogen (secondary N) is 2. The smallest absolute Gasteiger partial charge is 0.325 e. The van der Waals surface area contributed by atoms with Crippen molar-refractivity contribution in [2.24, 2.45) is 0 Å². The molecule has 2 N–H and O–H groups in total. The highest BCUT2D eigenvalue weighted by atomic mass is 32.2. The quantitative estimate of drug-likeness (QED) is 0.553. The molecule has 1 amide bonds. The molecule has 0 saturated heterocycles. The van der Waals surface area contributed by atoms with Gasteiger partial charge in [-0.25, -0.2) is 13.1 Å². The van der Waals surface area contributed by atoms with Crippen LogP contribution in [-0.4, -0.2) is 25.8 Å². The molecule has 2 rings (SSSR count). The largest absolute Gasteiger partial charge is 0.416 e. The average Bonchev–Trinajstić information content (AvgIpc) is 2.61. The molecule has 0 aliphatic carbocycles. The molecule has 28 heavy (non-hydrogen) atoms. The zero-order chi connectivity index (χ0) is 21.1. The summed E-state index contributed by atoms with van der Waals surface area (Å²) in [6, 6.07) is 6.96. The zero-order valence-corrected chi connectivity index (χ0v) is 15.1. The summed E-state index contributed by atoms with van der Waals surface area (Å²) in [5.41, 5.74) is -0.942. The summed E-state index contributed by atoms with van der Waals surface area (Å²) in [5.74, 6) is -0.853. The second-order valence-electron chi connectivity index (χ2n) is 5.66. The van der Waals surface area contributed by atoms with E-state index in [1.54, 1.807) is 0 Å². The third-order valence-corrected chi connectivity index (χ3v) is 4.98.